The van der Waals surface area contributed by atoms with Crippen molar-refractivity contribution in [3.63, 3.8) is 0 Å². The van der Waals surface area contributed by atoms with Crippen molar-refractivity contribution in [1.82, 2.24) is 14.8 Å². The molecule has 0 spiro atoms. The van der Waals surface area contributed by atoms with Crippen molar-refractivity contribution in [2.45, 2.75) is 46.2 Å². The second-order valence-corrected chi connectivity index (χ2v) is 6.57. The molecule has 1 N–H and O–H groups in total. The van der Waals surface area contributed by atoms with Crippen LogP contribution < -0.4 is 5.32 Å². The van der Waals surface area contributed by atoms with Gasteiger partial charge >= 0.3 is 0 Å². The van der Waals surface area contributed by atoms with E-state index >= 15 is 0 Å². The molecule has 2 aromatic rings. The van der Waals surface area contributed by atoms with E-state index in [1.54, 1.807) is 0 Å². The van der Waals surface area contributed by atoms with Crippen molar-refractivity contribution < 1.29 is 4.39 Å². The van der Waals surface area contributed by atoms with Gasteiger partial charge < -0.3 is 5.32 Å². The van der Waals surface area contributed by atoms with Gasteiger partial charge in [0.2, 0.25) is 0 Å². The van der Waals surface area contributed by atoms with Gasteiger partial charge in [-0.15, -0.1) is 0 Å². The predicted molar refractivity (Wildman–Crippen MR) is 83.2 cm³/mol. The minimum atomic E-state index is -0.463. The molecular weight excluding hydrogens is 291 g/mol. The Bertz CT molecular complexity index is 646. The highest BCUT2D eigenvalue weighted by atomic mass is 35.5. The van der Waals surface area contributed by atoms with Gasteiger partial charge in [0.05, 0.1) is 22.3 Å². The molecule has 0 saturated heterocycles. The summed E-state index contributed by atoms with van der Waals surface area (Å²) in [6.07, 6.45) is 3.41. The molecule has 4 nitrogen and oxygen atoms in total. The quantitative estimate of drug-likeness (QED) is 0.918. The van der Waals surface area contributed by atoms with Crippen LogP contribution in [0.4, 0.5) is 10.2 Å². The highest BCUT2D eigenvalue weighted by Gasteiger charge is 2.20. The fraction of sp³-hybridized carbons (Fsp3) is 0.467. The van der Waals surface area contributed by atoms with Crippen LogP contribution in [0.15, 0.2) is 18.5 Å². The molecule has 0 bridgehead atoms. The molecule has 0 amide bonds. The fourth-order valence-electron chi connectivity index (χ4n) is 2.05. The van der Waals surface area contributed by atoms with Gasteiger partial charge in [0, 0.05) is 18.0 Å². The number of aryl methyl sites for hydroxylation is 1. The Balaban J connectivity index is 2.24. The Kier molecular flexibility index (Phi) is 4.23. The molecule has 0 radical (unpaired) electrons. The van der Waals surface area contributed by atoms with E-state index in [1.807, 2.05) is 24.7 Å². The van der Waals surface area contributed by atoms with Gasteiger partial charge in [0.1, 0.15) is 0 Å². The summed E-state index contributed by atoms with van der Waals surface area (Å²) in [7, 11) is 0. The first-order chi connectivity index (χ1) is 9.68. The highest BCUT2D eigenvalue weighted by Crippen LogP contribution is 2.25. The number of rotatable bonds is 3. The molecule has 1 atom stereocenters. The maximum atomic E-state index is 13.8. The predicted octanol–water partition coefficient (Wildman–Crippen LogP) is 4.31. The van der Waals surface area contributed by atoms with Gasteiger partial charge in [-0.05, 0) is 40.7 Å². The lowest BCUT2D eigenvalue weighted by Gasteiger charge is -2.19. The third kappa shape index (κ3) is 3.53. The maximum absolute atomic E-state index is 13.8. The van der Waals surface area contributed by atoms with Crippen LogP contribution in [-0.4, -0.2) is 14.8 Å². The van der Waals surface area contributed by atoms with Crippen LogP contribution in [0.25, 0.3) is 0 Å². The largest absolute Gasteiger partial charge is 0.361 e. The number of halogens is 2. The second-order valence-electron chi connectivity index (χ2n) is 6.14. The van der Waals surface area contributed by atoms with Crippen molar-refractivity contribution in [2.75, 3.05) is 5.32 Å². The van der Waals surface area contributed by atoms with E-state index in [1.165, 1.54) is 12.3 Å². The van der Waals surface area contributed by atoms with Crippen LogP contribution in [0.1, 0.15) is 45.0 Å². The number of hydrogen-bond donors (Lipinski definition) is 1. The molecule has 0 saturated carbocycles. The molecule has 21 heavy (non-hydrogen) atoms. The zero-order valence-corrected chi connectivity index (χ0v) is 13.7. The minimum absolute atomic E-state index is 0.0908. The highest BCUT2D eigenvalue weighted by molar-refractivity contribution is 6.30. The van der Waals surface area contributed by atoms with Crippen LogP contribution in [0.2, 0.25) is 5.02 Å². The number of nitrogens with one attached hydrogen (secondary N) is 1. The number of pyridine rings is 1. The van der Waals surface area contributed by atoms with E-state index in [-0.39, 0.29) is 22.4 Å². The Morgan fingerprint density at radius 2 is 2.05 bits per heavy atom. The van der Waals surface area contributed by atoms with Gasteiger partial charge in [-0.25, -0.2) is 9.37 Å². The molecule has 2 heterocycles. The average molecular weight is 311 g/mol. The molecule has 2 aromatic heterocycles. The lowest BCUT2D eigenvalue weighted by Crippen LogP contribution is -2.22. The molecule has 114 valence electrons. The Labute approximate surface area is 129 Å². The zero-order valence-electron chi connectivity index (χ0n) is 12.9. The van der Waals surface area contributed by atoms with Crippen LogP contribution in [0, 0.1) is 12.7 Å². The fourth-order valence-corrected chi connectivity index (χ4v) is 2.19. The molecule has 0 aromatic carbocycles. The van der Waals surface area contributed by atoms with E-state index < -0.39 is 5.82 Å². The first kappa shape index (κ1) is 15.8. The van der Waals surface area contributed by atoms with Gasteiger partial charge in [-0.3, -0.25) is 4.68 Å². The lowest BCUT2D eigenvalue weighted by molar-refractivity contribution is 0.354. The normalized spacial score (nSPS) is 13.3. The van der Waals surface area contributed by atoms with Crippen LogP contribution in [0.5, 0.6) is 0 Å². The third-order valence-electron chi connectivity index (χ3n) is 3.25. The van der Waals surface area contributed by atoms with Crippen molar-refractivity contribution in [3.05, 3.63) is 40.6 Å². The monoisotopic (exact) mass is 310 g/mol. The maximum Gasteiger partial charge on any atom is 0.166 e. The van der Waals surface area contributed by atoms with Gasteiger partial charge in [-0.1, -0.05) is 11.6 Å². The van der Waals surface area contributed by atoms with Crippen LogP contribution >= 0.6 is 11.6 Å². The van der Waals surface area contributed by atoms with Crippen molar-refractivity contribution in [1.29, 1.82) is 0 Å². The SMILES string of the molecule is Cc1nn(C(C)(C)C)cc1C(C)Nc1ncc(Cl)cc1F. The van der Waals surface area contributed by atoms with Gasteiger partial charge in [0.15, 0.2) is 11.6 Å². The van der Waals surface area contributed by atoms with Crippen molar-refractivity contribution >= 4 is 17.4 Å². The van der Waals surface area contributed by atoms with E-state index in [0.29, 0.717) is 0 Å². The summed E-state index contributed by atoms with van der Waals surface area (Å²) in [6.45, 7) is 10.2. The summed E-state index contributed by atoms with van der Waals surface area (Å²) in [4.78, 5) is 3.98. The molecule has 0 aliphatic rings. The summed E-state index contributed by atoms with van der Waals surface area (Å²) in [5, 5.41) is 7.86. The standard InChI is InChI=1S/C15H20ClFN4/c1-9(19-14-13(17)6-11(16)7-18-14)12-8-21(15(3,4)5)20-10(12)2/h6-9H,1-5H3,(H,18,19). The molecular formula is C15H20ClFN4. The summed E-state index contributed by atoms with van der Waals surface area (Å²) in [5.74, 6) is -0.273. The summed E-state index contributed by atoms with van der Waals surface area (Å²) in [6, 6.07) is 1.14. The molecule has 2 rings (SSSR count). The number of aromatic nitrogens is 3. The Morgan fingerprint density at radius 1 is 1.38 bits per heavy atom. The second kappa shape index (κ2) is 5.64. The third-order valence-corrected chi connectivity index (χ3v) is 3.46. The minimum Gasteiger partial charge on any atom is -0.361 e. The average Bonchev–Trinajstić information content (AvgIpc) is 2.75. The zero-order chi connectivity index (χ0) is 15.8. The lowest BCUT2D eigenvalue weighted by atomic mass is 10.1. The molecule has 0 aliphatic carbocycles. The van der Waals surface area contributed by atoms with Crippen LogP contribution in [-0.2, 0) is 5.54 Å². The molecule has 6 heteroatoms. The summed E-state index contributed by atoms with van der Waals surface area (Å²) < 4.78 is 15.7. The number of hydrogen-bond acceptors (Lipinski definition) is 3. The van der Waals surface area contributed by atoms with Crippen molar-refractivity contribution in [3.8, 4) is 0 Å². The number of anilines is 1. The van der Waals surface area contributed by atoms with E-state index in [4.69, 9.17) is 11.6 Å². The van der Waals surface area contributed by atoms with E-state index in [9.17, 15) is 4.39 Å². The summed E-state index contributed by atoms with van der Waals surface area (Å²) >= 11 is 5.71. The van der Waals surface area contributed by atoms with Gasteiger partial charge in [-0.2, -0.15) is 5.10 Å². The molecule has 1 unspecified atom stereocenters. The van der Waals surface area contributed by atoms with E-state index in [0.717, 1.165) is 11.3 Å². The molecule has 0 fully saturated rings. The molecule has 0 aliphatic heterocycles. The smallest absolute Gasteiger partial charge is 0.166 e. The Hall–Kier alpha value is -1.62. The topological polar surface area (TPSA) is 42.7 Å². The first-order valence-corrected chi connectivity index (χ1v) is 7.20. The number of nitrogens with zero attached hydrogens (tertiary/aromatic N) is 3. The first-order valence-electron chi connectivity index (χ1n) is 6.82. The van der Waals surface area contributed by atoms with E-state index in [2.05, 4.69) is 36.2 Å². The Morgan fingerprint density at radius 3 is 2.57 bits per heavy atom. The summed E-state index contributed by atoms with van der Waals surface area (Å²) in [5.41, 5.74) is 1.84. The van der Waals surface area contributed by atoms with Crippen LogP contribution in [0.3, 0.4) is 0 Å². The van der Waals surface area contributed by atoms with Gasteiger partial charge in [0.25, 0.3) is 0 Å². The van der Waals surface area contributed by atoms with Crippen molar-refractivity contribution in [2.24, 2.45) is 0 Å².